The van der Waals surface area contributed by atoms with E-state index in [0.29, 0.717) is 12.1 Å². The second-order valence-electron chi connectivity index (χ2n) is 5.35. The third-order valence-electron chi connectivity index (χ3n) is 3.15. The second-order valence-corrected chi connectivity index (χ2v) is 6.65. The molecule has 2 rings (SSSR count). The van der Waals surface area contributed by atoms with Crippen molar-refractivity contribution in [2.45, 2.75) is 12.4 Å². The maximum absolute atomic E-state index is 12.4. The number of carbonyl (C=O) groups is 1. The number of halogens is 6. The molecule has 0 heterocycles. The fourth-order valence-electron chi connectivity index (χ4n) is 1.90. The molecule has 5 nitrogen and oxygen atoms in total. The molecule has 158 valence electrons. The highest BCUT2D eigenvalue weighted by molar-refractivity contribution is 7.88. The number of hydrogen-bond donors (Lipinski definition) is 2. The Labute approximate surface area is 161 Å². The van der Waals surface area contributed by atoms with Gasteiger partial charge in [0.05, 0.1) is 22.1 Å². The second kappa shape index (κ2) is 9.09. The zero-order chi connectivity index (χ0) is 22.5. The molecule has 0 radical (unpaired) electrons. The molecule has 0 saturated heterocycles. The van der Waals surface area contributed by atoms with Crippen LogP contribution in [0, 0.1) is 0 Å². The van der Waals surface area contributed by atoms with Crippen molar-refractivity contribution >= 4 is 22.1 Å². The lowest BCUT2D eigenvalue weighted by Gasteiger charge is -2.14. The number of hydrogen-bond acceptors (Lipinski definition) is 3. The first-order valence-electron chi connectivity index (χ1n) is 7.40. The van der Waals surface area contributed by atoms with Crippen LogP contribution in [0.5, 0.6) is 0 Å². The summed E-state index contributed by atoms with van der Waals surface area (Å²) in [5.74, 6) is -1.44. The van der Waals surface area contributed by atoms with Gasteiger partial charge >= 0.3 is 12.4 Å². The van der Waals surface area contributed by atoms with Gasteiger partial charge in [-0.15, -0.1) is 0 Å². The average molecular weight is 441 g/mol. The summed E-state index contributed by atoms with van der Waals surface area (Å²) in [5.41, 5.74) is 1.20. The van der Waals surface area contributed by atoms with Crippen molar-refractivity contribution in [1.29, 1.82) is 0 Å². The van der Waals surface area contributed by atoms with Crippen LogP contribution in [0.15, 0.2) is 53.9 Å². The van der Waals surface area contributed by atoms with Gasteiger partial charge in [0, 0.05) is 0 Å². The van der Waals surface area contributed by atoms with E-state index in [4.69, 9.17) is 4.55 Å². The molecule has 1 amide bonds. The topological polar surface area (TPSA) is 97.5 Å². The average Bonchev–Trinajstić information content (AvgIpc) is 2.59. The summed E-state index contributed by atoms with van der Waals surface area (Å²) in [6.45, 7) is 0. The first kappa shape index (κ1) is 24.2. The number of rotatable bonds is 3. The molecular weight excluding hydrogens is 428 g/mol. The third-order valence-corrected chi connectivity index (χ3v) is 3.63. The van der Waals surface area contributed by atoms with E-state index in [1.54, 1.807) is 24.3 Å². The molecule has 3 N–H and O–H groups in total. The van der Waals surface area contributed by atoms with Crippen molar-refractivity contribution in [3.05, 3.63) is 76.2 Å². The van der Waals surface area contributed by atoms with Gasteiger partial charge in [-0.05, 0) is 29.8 Å². The number of nitrogens with two attached hydrogens (primary N) is 1. The van der Waals surface area contributed by atoms with Crippen LogP contribution in [0.2, 0.25) is 0 Å². The first-order chi connectivity index (χ1) is 13.1. The fraction of sp³-hybridized carbons (Fsp3) is 0.118. The molecule has 0 aromatic heterocycles. The van der Waals surface area contributed by atoms with Gasteiger partial charge in [0.15, 0.2) is 0 Å². The molecule has 0 spiro atoms. The standard InChI is InChI=1S/C9H5F6NO.C8H8O3S/c10-8(11,12)4-1-2-5(7(16)17)6(3-4)9(13,14)15;9-12(10,11)7-6-8-4-2-1-3-5-8/h1-3H,(H2,16,17);1-7H,(H,9,10,11)/b;7-6+. The van der Waals surface area contributed by atoms with Crippen LogP contribution < -0.4 is 5.73 Å². The Morgan fingerprint density at radius 3 is 1.90 bits per heavy atom. The highest BCUT2D eigenvalue weighted by Gasteiger charge is 2.39. The summed E-state index contributed by atoms with van der Waals surface area (Å²) in [6, 6.07) is 9.50. The minimum Gasteiger partial charge on any atom is -0.366 e. The van der Waals surface area contributed by atoms with Crippen molar-refractivity contribution in [1.82, 2.24) is 0 Å². The zero-order valence-corrected chi connectivity index (χ0v) is 15.0. The molecule has 29 heavy (non-hydrogen) atoms. The van der Waals surface area contributed by atoms with E-state index in [0.717, 1.165) is 11.0 Å². The minimum atomic E-state index is -5.08. The van der Waals surface area contributed by atoms with Crippen LogP contribution in [-0.2, 0) is 22.5 Å². The van der Waals surface area contributed by atoms with Crippen LogP contribution >= 0.6 is 0 Å². The van der Waals surface area contributed by atoms with Gasteiger partial charge in [0.2, 0.25) is 5.91 Å². The third kappa shape index (κ3) is 8.35. The highest BCUT2D eigenvalue weighted by Crippen LogP contribution is 2.37. The lowest BCUT2D eigenvalue weighted by atomic mass is 10.0. The highest BCUT2D eigenvalue weighted by atomic mass is 32.2. The summed E-state index contributed by atoms with van der Waals surface area (Å²) in [4.78, 5) is 10.7. The maximum atomic E-state index is 12.4. The quantitative estimate of drug-likeness (QED) is 0.546. The molecule has 0 atom stereocenters. The fourth-order valence-corrected chi connectivity index (χ4v) is 2.23. The van der Waals surface area contributed by atoms with E-state index in [1.807, 2.05) is 6.07 Å². The molecule has 0 unspecified atom stereocenters. The summed E-state index contributed by atoms with van der Waals surface area (Å²) >= 11 is 0. The van der Waals surface area contributed by atoms with E-state index in [1.165, 1.54) is 6.08 Å². The SMILES string of the molecule is NC(=O)c1ccc(C(F)(F)F)cc1C(F)(F)F.O=S(=O)(O)/C=C/c1ccccc1. The van der Waals surface area contributed by atoms with E-state index in [9.17, 15) is 39.6 Å². The van der Waals surface area contributed by atoms with Crippen LogP contribution in [0.1, 0.15) is 27.0 Å². The van der Waals surface area contributed by atoms with Gasteiger partial charge in [-0.1, -0.05) is 30.3 Å². The smallest absolute Gasteiger partial charge is 0.366 e. The van der Waals surface area contributed by atoms with Gasteiger partial charge in [-0.3, -0.25) is 9.35 Å². The Hall–Kier alpha value is -2.86. The largest absolute Gasteiger partial charge is 0.417 e. The summed E-state index contributed by atoms with van der Waals surface area (Å²) in [6.07, 6.45) is -8.67. The molecule has 0 saturated carbocycles. The maximum Gasteiger partial charge on any atom is 0.417 e. The van der Waals surface area contributed by atoms with E-state index < -0.39 is 45.1 Å². The molecule has 0 fully saturated rings. The number of benzene rings is 2. The Kier molecular flexibility index (Phi) is 7.58. The van der Waals surface area contributed by atoms with Crippen molar-refractivity contribution in [2.24, 2.45) is 5.73 Å². The molecule has 0 aliphatic carbocycles. The summed E-state index contributed by atoms with van der Waals surface area (Å²) in [5, 5.41) is 0.752. The number of alkyl halides is 6. The molecule has 0 aliphatic rings. The molecular formula is C17H13F6NO4S. The normalized spacial score (nSPS) is 12.4. The van der Waals surface area contributed by atoms with Crippen LogP contribution in [0.3, 0.4) is 0 Å². The van der Waals surface area contributed by atoms with Crippen molar-refractivity contribution in [3.8, 4) is 0 Å². The van der Waals surface area contributed by atoms with Crippen molar-refractivity contribution in [2.75, 3.05) is 0 Å². The van der Waals surface area contributed by atoms with E-state index >= 15 is 0 Å². The lowest BCUT2D eigenvalue weighted by Crippen LogP contribution is -2.20. The van der Waals surface area contributed by atoms with Gasteiger partial charge in [0.1, 0.15) is 0 Å². The van der Waals surface area contributed by atoms with Crippen LogP contribution in [0.4, 0.5) is 26.3 Å². The van der Waals surface area contributed by atoms with Crippen molar-refractivity contribution < 1.29 is 44.1 Å². The van der Waals surface area contributed by atoms with E-state index in [2.05, 4.69) is 5.73 Å². The predicted octanol–water partition coefficient (Wildman–Crippen LogP) is 4.37. The van der Waals surface area contributed by atoms with Crippen molar-refractivity contribution in [3.63, 3.8) is 0 Å². The Balaban J connectivity index is 0.000000308. The summed E-state index contributed by atoms with van der Waals surface area (Å²) < 4.78 is 103. The van der Waals surface area contributed by atoms with Gasteiger partial charge in [-0.25, -0.2) is 0 Å². The minimum absolute atomic E-state index is 0.139. The summed E-state index contributed by atoms with van der Waals surface area (Å²) in [7, 11) is -4.00. The Morgan fingerprint density at radius 1 is 0.931 bits per heavy atom. The van der Waals surface area contributed by atoms with Gasteiger partial charge < -0.3 is 5.73 Å². The molecule has 0 bridgehead atoms. The van der Waals surface area contributed by atoms with E-state index in [-0.39, 0.29) is 6.07 Å². The predicted molar refractivity (Wildman–Crippen MR) is 92.0 cm³/mol. The first-order valence-corrected chi connectivity index (χ1v) is 8.90. The zero-order valence-electron chi connectivity index (χ0n) is 14.2. The molecule has 2 aromatic rings. The Bertz CT molecular complexity index is 983. The number of amides is 1. The molecule has 12 heteroatoms. The lowest BCUT2D eigenvalue weighted by molar-refractivity contribution is -0.143. The number of carbonyl (C=O) groups excluding carboxylic acids is 1. The molecule has 2 aromatic carbocycles. The number of primary amides is 1. The van der Waals surface area contributed by atoms with Crippen LogP contribution in [0.25, 0.3) is 6.08 Å². The monoisotopic (exact) mass is 441 g/mol. The van der Waals surface area contributed by atoms with Gasteiger partial charge in [-0.2, -0.15) is 34.8 Å². The van der Waals surface area contributed by atoms with Gasteiger partial charge in [0.25, 0.3) is 10.1 Å². The molecule has 0 aliphatic heterocycles. The Morgan fingerprint density at radius 2 is 1.48 bits per heavy atom. The van der Waals surface area contributed by atoms with Crippen LogP contribution in [-0.4, -0.2) is 18.9 Å².